The zero-order chi connectivity index (χ0) is 12.6. The molecule has 2 aromatic rings. The third-order valence-corrected chi connectivity index (χ3v) is 2.49. The molecule has 3 heteroatoms. The highest BCUT2D eigenvalue weighted by Gasteiger charge is 2.08. The number of rotatable bonds is 6. The fraction of sp³-hybridized carbons (Fsp3) is 0.200. The van der Waals surface area contributed by atoms with Gasteiger partial charge in [-0.05, 0) is 30.7 Å². The van der Waals surface area contributed by atoms with Crippen LogP contribution >= 0.6 is 0 Å². The van der Waals surface area contributed by atoms with Crippen LogP contribution in [-0.2, 0) is 9.94 Å². The van der Waals surface area contributed by atoms with Crippen molar-refractivity contribution < 1.29 is 9.94 Å². The Bertz CT molecular complexity index is 405. The van der Waals surface area contributed by atoms with Crippen LogP contribution in [0.3, 0.4) is 0 Å². The molecule has 0 heterocycles. The van der Waals surface area contributed by atoms with Crippen molar-refractivity contribution in [2.24, 2.45) is 0 Å². The van der Waals surface area contributed by atoms with Gasteiger partial charge in [-0.25, -0.2) is 10.2 Å². The van der Waals surface area contributed by atoms with E-state index in [4.69, 9.17) is 4.84 Å². The highest BCUT2D eigenvalue weighted by atomic mass is 16.7. The zero-order valence-corrected chi connectivity index (χ0v) is 10.2. The molecule has 0 atom stereocenters. The van der Waals surface area contributed by atoms with Crippen LogP contribution in [0.4, 0.5) is 11.4 Å². The minimum Gasteiger partial charge on any atom is -0.268 e. The van der Waals surface area contributed by atoms with E-state index in [2.05, 4.69) is 0 Å². The summed E-state index contributed by atoms with van der Waals surface area (Å²) < 4.78 is 0. The summed E-state index contributed by atoms with van der Waals surface area (Å²) in [4.78, 5) is 5.69. The van der Waals surface area contributed by atoms with E-state index in [-0.39, 0.29) is 6.61 Å². The molecule has 0 fully saturated rings. The van der Waals surface area contributed by atoms with E-state index in [1.807, 2.05) is 60.7 Å². The number of anilines is 2. The normalized spacial score (nSPS) is 10.3. The molecular formula is C15H16NO2. The van der Waals surface area contributed by atoms with Crippen molar-refractivity contribution in [2.45, 2.75) is 6.42 Å². The fourth-order valence-electron chi connectivity index (χ4n) is 1.64. The third kappa shape index (κ3) is 3.32. The molecule has 0 unspecified atom stereocenters. The molecule has 3 nitrogen and oxygen atoms in total. The Hall–Kier alpha value is -1.84. The molecule has 0 saturated carbocycles. The van der Waals surface area contributed by atoms with Gasteiger partial charge in [-0.1, -0.05) is 36.4 Å². The summed E-state index contributed by atoms with van der Waals surface area (Å²) >= 11 is 0. The summed E-state index contributed by atoms with van der Waals surface area (Å²) in [5.41, 5.74) is 1.91. The topological polar surface area (TPSA) is 32.4 Å². The summed E-state index contributed by atoms with van der Waals surface area (Å²) in [6.45, 7) is 0.310. The first-order valence-electron chi connectivity index (χ1n) is 6.03. The highest BCUT2D eigenvalue weighted by Crippen LogP contribution is 2.25. The summed E-state index contributed by atoms with van der Waals surface area (Å²) in [5.74, 6) is 0. The van der Waals surface area contributed by atoms with Crippen molar-refractivity contribution in [3.8, 4) is 0 Å². The SMILES string of the molecule is [O]CCCON(c1ccccc1)c1ccccc1. The molecule has 0 saturated heterocycles. The van der Waals surface area contributed by atoms with Crippen molar-refractivity contribution in [3.05, 3.63) is 60.7 Å². The van der Waals surface area contributed by atoms with E-state index in [0.717, 1.165) is 11.4 Å². The van der Waals surface area contributed by atoms with Crippen molar-refractivity contribution in [2.75, 3.05) is 18.3 Å². The summed E-state index contributed by atoms with van der Waals surface area (Å²) in [6, 6.07) is 19.7. The van der Waals surface area contributed by atoms with Gasteiger partial charge in [0.15, 0.2) is 0 Å². The fourth-order valence-corrected chi connectivity index (χ4v) is 1.64. The molecule has 0 N–H and O–H groups in total. The molecule has 0 bridgehead atoms. The van der Waals surface area contributed by atoms with Crippen LogP contribution < -0.4 is 5.06 Å². The van der Waals surface area contributed by atoms with Crippen LogP contribution in [0.15, 0.2) is 60.7 Å². The molecule has 0 aromatic heterocycles. The van der Waals surface area contributed by atoms with E-state index < -0.39 is 0 Å². The minimum atomic E-state index is -0.114. The number of hydrogen-bond acceptors (Lipinski definition) is 2. The third-order valence-electron chi connectivity index (χ3n) is 2.49. The Kier molecular flexibility index (Phi) is 4.76. The van der Waals surface area contributed by atoms with Crippen molar-refractivity contribution in [3.63, 3.8) is 0 Å². The quantitative estimate of drug-likeness (QED) is 0.573. The minimum absolute atomic E-state index is 0.114. The molecule has 0 aliphatic rings. The Morgan fingerprint density at radius 3 is 1.78 bits per heavy atom. The van der Waals surface area contributed by atoms with E-state index in [1.54, 1.807) is 5.06 Å². The Morgan fingerprint density at radius 2 is 1.33 bits per heavy atom. The monoisotopic (exact) mass is 242 g/mol. The first-order valence-corrected chi connectivity index (χ1v) is 6.03. The molecule has 18 heavy (non-hydrogen) atoms. The van der Waals surface area contributed by atoms with Crippen LogP contribution in [0.2, 0.25) is 0 Å². The van der Waals surface area contributed by atoms with Gasteiger partial charge in [0.05, 0.1) is 24.6 Å². The molecule has 1 radical (unpaired) electrons. The number of benzene rings is 2. The van der Waals surface area contributed by atoms with Crippen LogP contribution in [0, 0.1) is 0 Å². The van der Waals surface area contributed by atoms with Crippen LogP contribution in [0.1, 0.15) is 6.42 Å². The van der Waals surface area contributed by atoms with E-state index in [1.165, 1.54) is 0 Å². The lowest BCUT2D eigenvalue weighted by atomic mass is 10.2. The smallest absolute Gasteiger partial charge is 0.0845 e. The second-order valence-corrected chi connectivity index (χ2v) is 3.86. The molecule has 0 spiro atoms. The lowest BCUT2D eigenvalue weighted by Crippen LogP contribution is -2.18. The van der Waals surface area contributed by atoms with Crippen LogP contribution in [0.5, 0.6) is 0 Å². The van der Waals surface area contributed by atoms with E-state index in [9.17, 15) is 5.11 Å². The maximum absolute atomic E-state index is 10.5. The predicted octanol–water partition coefficient (Wildman–Crippen LogP) is 3.58. The summed E-state index contributed by atoms with van der Waals surface area (Å²) in [6.07, 6.45) is 0.510. The van der Waals surface area contributed by atoms with Gasteiger partial charge in [0, 0.05) is 0 Å². The molecule has 2 aromatic carbocycles. The molecule has 0 aliphatic carbocycles. The van der Waals surface area contributed by atoms with Crippen LogP contribution in [0.25, 0.3) is 0 Å². The molecule has 93 valence electrons. The van der Waals surface area contributed by atoms with E-state index in [0.29, 0.717) is 13.0 Å². The Morgan fingerprint density at radius 1 is 0.833 bits per heavy atom. The Balaban J connectivity index is 2.18. The molecular weight excluding hydrogens is 226 g/mol. The second-order valence-electron chi connectivity index (χ2n) is 3.86. The average Bonchev–Trinajstić information content (AvgIpc) is 2.46. The average molecular weight is 242 g/mol. The zero-order valence-electron chi connectivity index (χ0n) is 10.2. The second kappa shape index (κ2) is 6.79. The van der Waals surface area contributed by atoms with Gasteiger partial charge in [0.25, 0.3) is 0 Å². The maximum Gasteiger partial charge on any atom is 0.0845 e. The van der Waals surface area contributed by atoms with Crippen molar-refractivity contribution in [1.82, 2.24) is 0 Å². The number of hydrogen-bond donors (Lipinski definition) is 0. The van der Waals surface area contributed by atoms with Crippen molar-refractivity contribution in [1.29, 1.82) is 0 Å². The first-order chi connectivity index (χ1) is 8.92. The molecule has 0 amide bonds. The summed E-state index contributed by atoms with van der Waals surface area (Å²) in [7, 11) is 0. The van der Waals surface area contributed by atoms with Gasteiger partial charge in [-0.3, -0.25) is 4.84 Å². The van der Waals surface area contributed by atoms with Crippen LogP contribution in [-0.4, -0.2) is 13.2 Å². The lowest BCUT2D eigenvalue weighted by molar-refractivity contribution is 0.0995. The van der Waals surface area contributed by atoms with Gasteiger partial charge < -0.3 is 0 Å². The molecule has 2 rings (SSSR count). The first kappa shape index (κ1) is 12.6. The predicted molar refractivity (Wildman–Crippen MR) is 71.1 cm³/mol. The van der Waals surface area contributed by atoms with E-state index >= 15 is 0 Å². The van der Waals surface area contributed by atoms with Gasteiger partial charge in [0.2, 0.25) is 0 Å². The van der Waals surface area contributed by atoms with Gasteiger partial charge in [-0.2, -0.15) is 0 Å². The van der Waals surface area contributed by atoms with Gasteiger partial charge in [-0.15, -0.1) is 0 Å². The van der Waals surface area contributed by atoms with Crippen molar-refractivity contribution >= 4 is 11.4 Å². The Labute approximate surface area is 107 Å². The summed E-state index contributed by atoms with van der Waals surface area (Å²) in [5, 5.41) is 12.2. The number of nitrogens with zero attached hydrogens (tertiary/aromatic N) is 1. The maximum atomic E-state index is 10.5. The van der Waals surface area contributed by atoms with Gasteiger partial charge in [0.1, 0.15) is 0 Å². The van der Waals surface area contributed by atoms with Gasteiger partial charge >= 0.3 is 0 Å². The number of para-hydroxylation sites is 2. The molecule has 0 aliphatic heterocycles. The standard InChI is InChI=1S/C15H16NO2/c17-12-7-13-18-16(14-8-3-1-4-9-14)15-10-5-2-6-11-15/h1-6,8-11H,7,12-13H2. The lowest BCUT2D eigenvalue weighted by Gasteiger charge is -2.23. The highest BCUT2D eigenvalue weighted by molar-refractivity contribution is 5.59. The largest absolute Gasteiger partial charge is 0.268 e.